The fourth-order valence-electron chi connectivity index (χ4n) is 2.07. The Balaban J connectivity index is 2.05. The maximum Gasteiger partial charge on any atom is 0.337 e. The Morgan fingerprint density at radius 2 is 2.14 bits per heavy atom. The number of methoxy groups -OCH3 is 1. The molecule has 2 heterocycles. The number of benzene rings is 1. The van der Waals surface area contributed by atoms with Crippen LogP contribution in [-0.4, -0.2) is 34.5 Å². The van der Waals surface area contributed by atoms with E-state index in [-0.39, 0.29) is 5.97 Å². The van der Waals surface area contributed by atoms with Crippen molar-refractivity contribution < 1.29 is 9.53 Å². The van der Waals surface area contributed by atoms with Gasteiger partial charge >= 0.3 is 5.97 Å². The number of anilines is 1. The van der Waals surface area contributed by atoms with Crippen molar-refractivity contribution >= 4 is 17.6 Å². The van der Waals surface area contributed by atoms with E-state index in [1.807, 2.05) is 36.0 Å². The molecule has 0 fully saturated rings. The zero-order valence-corrected chi connectivity index (χ0v) is 11.7. The Bertz CT molecular complexity index is 810. The van der Waals surface area contributed by atoms with Crippen molar-refractivity contribution in [2.45, 2.75) is 0 Å². The molecular weight excluding hydrogens is 268 g/mol. The van der Waals surface area contributed by atoms with Crippen molar-refractivity contribution in [3.05, 3.63) is 48.3 Å². The average molecular weight is 282 g/mol. The Kier molecular flexibility index (Phi) is 3.27. The maximum absolute atomic E-state index is 11.6. The molecule has 106 valence electrons. The minimum atomic E-state index is -0.365. The molecule has 6 nitrogen and oxygen atoms in total. The summed E-state index contributed by atoms with van der Waals surface area (Å²) in [7, 11) is 3.17. The van der Waals surface area contributed by atoms with Gasteiger partial charge in [-0.25, -0.2) is 9.78 Å². The predicted molar refractivity (Wildman–Crippen MR) is 79.3 cm³/mol. The predicted octanol–water partition coefficient (Wildman–Crippen LogP) is 2.22. The van der Waals surface area contributed by atoms with Crippen molar-refractivity contribution in [1.29, 1.82) is 0 Å². The molecule has 0 bridgehead atoms. The number of nitrogens with zero attached hydrogens (tertiary/aromatic N) is 3. The Hall–Kier alpha value is -2.89. The number of carbonyl (C=O) groups is 1. The van der Waals surface area contributed by atoms with Crippen LogP contribution in [0.4, 0.5) is 5.82 Å². The number of nitrogens with one attached hydrogen (secondary N) is 1. The van der Waals surface area contributed by atoms with E-state index in [0.717, 1.165) is 17.1 Å². The summed E-state index contributed by atoms with van der Waals surface area (Å²) < 4.78 is 6.57. The largest absolute Gasteiger partial charge is 0.465 e. The number of hydrogen-bond acceptors (Lipinski definition) is 5. The van der Waals surface area contributed by atoms with Crippen molar-refractivity contribution in [2.75, 3.05) is 19.5 Å². The highest BCUT2D eigenvalue weighted by Crippen LogP contribution is 2.20. The van der Waals surface area contributed by atoms with Crippen molar-refractivity contribution in [3.63, 3.8) is 0 Å². The van der Waals surface area contributed by atoms with Crippen molar-refractivity contribution in [2.24, 2.45) is 0 Å². The van der Waals surface area contributed by atoms with Gasteiger partial charge in [0.15, 0.2) is 0 Å². The van der Waals surface area contributed by atoms with Gasteiger partial charge in [0.1, 0.15) is 5.82 Å². The van der Waals surface area contributed by atoms with Crippen LogP contribution in [0.2, 0.25) is 0 Å². The maximum atomic E-state index is 11.6. The molecule has 2 aromatic heterocycles. The number of hydrogen-bond donors (Lipinski definition) is 1. The van der Waals surface area contributed by atoms with Gasteiger partial charge in [0, 0.05) is 25.0 Å². The van der Waals surface area contributed by atoms with E-state index >= 15 is 0 Å². The average Bonchev–Trinajstić information content (AvgIpc) is 2.97. The molecule has 1 aromatic carbocycles. The number of carbonyl (C=O) groups excluding carboxylic acids is 1. The van der Waals surface area contributed by atoms with Crippen LogP contribution in [0.15, 0.2) is 42.7 Å². The lowest BCUT2D eigenvalue weighted by atomic mass is 10.1. The number of imidazole rings is 1. The quantitative estimate of drug-likeness (QED) is 0.746. The zero-order chi connectivity index (χ0) is 14.8. The highest BCUT2D eigenvalue weighted by Gasteiger charge is 2.10. The summed E-state index contributed by atoms with van der Waals surface area (Å²) in [6.07, 6.45) is 3.76. The molecule has 0 unspecified atom stereocenters. The molecule has 3 rings (SSSR count). The van der Waals surface area contributed by atoms with Crippen LogP contribution < -0.4 is 5.32 Å². The first-order chi connectivity index (χ1) is 10.2. The highest BCUT2D eigenvalue weighted by atomic mass is 16.5. The van der Waals surface area contributed by atoms with E-state index in [2.05, 4.69) is 15.3 Å². The van der Waals surface area contributed by atoms with Crippen LogP contribution in [0.3, 0.4) is 0 Å². The smallest absolute Gasteiger partial charge is 0.337 e. The van der Waals surface area contributed by atoms with Crippen LogP contribution in [0.5, 0.6) is 0 Å². The normalized spacial score (nSPS) is 10.6. The molecule has 0 spiro atoms. The molecule has 0 aliphatic heterocycles. The van der Waals surface area contributed by atoms with E-state index < -0.39 is 0 Å². The summed E-state index contributed by atoms with van der Waals surface area (Å²) in [6.45, 7) is 0. The van der Waals surface area contributed by atoms with Crippen LogP contribution in [0.1, 0.15) is 10.4 Å². The molecule has 0 amide bonds. The van der Waals surface area contributed by atoms with Gasteiger partial charge in [-0.1, -0.05) is 12.1 Å². The summed E-state index contributed by atoms with van der Waals surface area (Å²) in [5.41, 5.74) is 2.09. The second-order valence-electron chi connectivity index (χ2n) is 4.47. The van der Waals surface area contributed by atoms with Gasteiger partial charge in [-0.05, 0) is 18.2 Å². The number of ether oxygens (including phenoxy) is 1. The Morgan fingerprint density at radius 1 is 1.29 bits per heavy atom. The van der Waals surface area contributed by atoms with E-state index in [1.165, 1.54) is 7.11 Å². The molecule has 0 atom stereocenters. The highest BCUT2D eigenvalue weighted by molar-refractivity contribution is 5.90. The first-order valence-corrected chi connectivity index (χ1v) is 6.43. The van der Waals surface area contributed by atoms with E-state index in [0.29, 0.717) is 11.3 Å². The second-order valence-corrected chi connectivity index (χ2v) is 4.47. The fourth-order valence-corrected chi connectivity index (χ4v) is 2.07. The van der Waals surface area contributed by atoms with Gasteiger partial charge in [-0.3, -0.25) is 4.40 Å². The van der Waals surface area contributed by atoms with Crippen molar-refractivity contribution in [3.8, 4) is 11.3 Å². The summed E-state index contributed by atoms with van der Waals surface area (Å²) in [4.78, 5) is 20.4. The second kappa shape index (κ2) is 5.24. The van der Waals surface area contributed by atoms with E-state index in [9.17, 15) is 4.79 Å². The standard InChI is InChI=1S/C15H14N4O2/c1-16-13-6-7-19-9-12(17-15(19)18-13)10-4-3-5-11(8-10)14(20)21-2/h3-9H,1-2H3,(H,16,17,18). The van der Waals surface area contributed by atoms with Crippen LogP contribution in [-0.2, 0) is 4.74 Å². The van der Waals surface area contributed by atoms with Gasteiger partial charge in [0.2, 0.25) is 5.78 Å². The van der Waals surface area contributed by atoms with Crippen molar-refractivity contribution in [1.82, 2.24) is 14.4 Å². The van der Waals surface area contributed by atoms with Gasteiger partial charge in [0.25, 0.3) is 0 Å². The van der Waals surface area contributed by atoms with Gasteiger partial charge in [-0.2, -0.15) is 4.98 Å². The fraction of sp³-hybridized carbons (Fsp3) is 0.133. The Morgan fingerprint density at radius 3 is 2.90 bits per heavy atom. The summed E-state index contributed by atoms with van der Waals surface area (Å²) in [5, 5.41) is 2.97. The number of esters is 1. The van der Waals surface area contributed by atoms with Crippen LogP contribution in [0.25, 0.3) is 17.0 Å². The zero-order valence-electron chi connectivity index (χ0n) is 11.7. The first kappa shape index (κ1) is 13.1. The molecule has 21 heavy (non-hydrogen) atoms. The number of aromatic nitrogens is 3. The van der Waals surface area contributed by atoms with E-state index in [4.69, 9.17) is 4.74 Å². The number of rotatable bonds is 3. The first-order valence-electron chi connectivity index (χ1n) is 6.43. The minimum Gasteiger partial charge on any atom is -0.465 e. The monoisotopic (exact) mass is 282 g/mol. The molecule has 0 saturated heterocycles. The summed E-state index contributed by atoms with van der Waals surface area (Å²) in [6, 6.07) is 9.03. The summed E-state index contributed by atoms with van der Waals surface area (Å²) in [5.74, 6) is 0.986. The lowest BCUT2D eigenvalue weighted by molar-refractivity contribution is 0.0601. The lowest BCUT2D eigenvalue weighted by Gasteiger charge is -2.01. The molecule has 0 aliphatic rings. The molecule has 6 heteroatoms. The number of fused-ring (bicyclic) bond motifs is 1. The van der Waals surface area contributed by atoms with Gasteiger partial charge < -0.3 is 10.1 Å². The van der Waals surface area contributed by atoms with E-state index in [1.54, 1.807) is 18.2 Å². The molecule has 0 radical (unpaired) electrons. The Labute approximate surface area is 121 Å². The molecule has 1 N–H and O–H groups in total. The molecule has 0 aliphatic carbocycles. The summed E-state index contributed by atoms with van der Waals surface area (Å²) >= 11 is 0. The van der Waals surface area contributed by atoms with Gasteiger partial charge in [0.05, 0.1) is 18.4 Å². The lowest BCUT2D eigenvalue weighted by Crippen LogP contribution is -2.00. The SMILES string of the molecule is CNc1ccn2cc(-c3cccc(C(=O)OC)c3)nc2n1. The van der Waals surface area contributed by atoms with Crippen LogP contribution in [0, 0.1) is 0 Å². The third-order valence-electron chi connectivity index (χ3n) is 3.16. The molecule has 0 saturated carbocycles. The van der Waals surface area contributed by atoms with Crippen LogP contribution >= 0.6 is 0 Å². The third-order valence-corrected chi connectivity index (χ3v) is 3.16. The third kappa shape index (κ3) is 2.43. The topological polar surface area (TPSA) is 68.5 Å². The van der Waals surface area contributed by atoms with Gasteiger partial charge in [-0.15, -0.1) is 0 Å². The molecular formula is C15H14N4O2. The minimum absolute atomic E-state index is 0.365. The molecule has 3 aromatic rings.